The van der Waals surface area contributed by atoms with Gasteiger partial charge >= 0.3 is 0 Å². The standard InChI is InChI=1S/C10H12N2O2/c1-6-5-8(12-7(2)13)3-4-9(6)10(11)14/h3-5H,1-2H3,(H2,11,14)(H,12,13). The van der Waals surface area contributed by atoms with Crippen LogP contribution in [-0.2, 0) is 4.79 Å². The van der Waals surface area contributed by atoms with Crippen molar-refractivity contribution in [1.82, 2.24) is 0 Å². The molecule has 0 radical (unpaired) electrons. The van der Waals surface area contributed by atoms with E-state index in [1.54, 1.807) is 25.1 Å². The highest BCUT2D eigenvalue weighted by atomic mass is 16.1. The molecule has 0 aliphatic rings. The molecule has 1 aromatic rings. The summed E-state index contributed by atoms with van der Waals surface area (Å²) in [6.07, 6.45) is 0. The summed E-state index contributed by atoms with van der Waals surface area (Å²) in [6, 6.07) is 4.96. The molecule has 0 aromatic heterocycles. The number of primary amides is 1. The SMILES string of the molecule is CC(=O)Nc1ccc(C(N)=O)c(C)c1. The zero-order valence-electron chi connectivity index (χ0n) is 8.13. The minimum absolute atomic E-state index is 0.142. The van der Waals surface area contributed by atoms with E-state index in [4.69, 9.17) is 5.73 Å². The van der Waals surface area contributed by atoms with E-state index in [9.17, 15) is 9.59 Å². The Morgan fingerprint density at radius 2 is 2.00 bits per heavy atom. The van der Waals surface area contributed by atoms with Crippen LogP contribution in [0.2, 0.25) is 0 Å². The van der Waals surface area contributed by atoms with E-state index in [-0.39, 0.29) is 5.91 Å². The van der Waals surface area contributed by atoms with Crippen molar-refractivity contribution in [1.29, 1.82) is 0 Å². The summed E-state index contributed by atoms with van der Waals surface area (Å²) in [5.41, 5.74) is 7.03. The van der Waals surface area contributed by atoms with Crippen LogP contribution in [-0.4, -0.2) is 11.8 Å². The van der Waals surface area contributed by atoms with Crippen molar-refractivity contribution in [2.24, 2.45) is 5.73 Å². The first-order chi connectivity index (χ1) is 6.50. The van der Waals surface area contributed by atoms with Crippen LogP contribution >= 0.6 is 0 Å². The van der Waals surface area contributed by atoms with Crippen LogP contribution in [0, 0.1) is 6.92 Å². The Bertz CT molecular complexity index is 386. The molecule has 1 rings (SSSR count). The number of benzene rings is 1. The Hall–Kier alpha value is -1.84. The topological polar surface area (TPSA) is 72.2 Å². The molecule has 2 amide bonds. The maximum Gasteiger partial charge on any atom is 0.248 e. The lowest BCUT2D eigenvalue weighted by Gasteiger charge is -2.05. The highest BCUT2D eigenvalue weighted by Crippen LogP contribution is 2.14. The fraction of sp³-hybridized carbons (Fsp3) is 0.200. The molecule has 0 aliphatic heterocycles. The number of nitrogens with one attached hydrogen (secondary N) is 1. The van der Waals surface area contributed by atoms with Crippen LogP contribution in [0.15, 0.2) is 18.2 Å². The lowest BCUT2D eigenvalue weighted by molar-refractivity contribution is -0.114. The first-order valence-corrected chi connectivity index (χ1v) is 4.18. The van der Waals surface area contributed by atoms with E-state index in [1.165, 1.54) is 6.92 Å². The summed E-state index contributed by atoms with van der Waals surface area (Å²) in [5, 5.41) is 2.62. The molecule has 0 spiro atoms. The molecule has 74 valence electrons. The fourth-order valence-corrected chi connectivity index (χ4v) is 1.22. The summed E-state index contributed by atoms with van der Waals surface area (Å²) >= 11 is 0. The molecule has 0 aliphatic carbocycles. The summed E-state index contributed by atoms with van der Waals surface area (Å²) < 4.78 is 0. The number of hydrogen-bond acceptors (Lipinski definition) is 2. The minimum Gasteiger partial charge on any atom is -0.366 e. The zero-order chi connectivity index (χ0) is 10.7. The largest absolute Gasteiger partial charge is 0.366 e. The van der Waals surface area contributed by atoms with Crippen molar-refractivity contribution < 1.29 is 9.59 Å². The van der Waals surface area contributed by atoms with Crippen molar-refractivity contribution in [3.63, 3.8) is 0 Å². The molecule has 14 heavy (non-hydrogen) atoms. The fourth-order valence-electron chi connectivity index (χ4n) is 1.22. The second kappa shape index (κ2) is 3.91. The van der Waals surface area contributed by atoms with Crippen LogP contribution in [0.25, 0.3) is 0 Å². The third-order valence-electron chi connectivity index (χ3n) is 1.81. The molecule has 3 N–H and O–H groups in total. The van der Waals surface area contributed by atoms with E-state index in [1.807, 2.05) is 0 Å². The van der Waals surface area contributed by atoms with Gasteiger partial charge in [0.15, 0.2) is 0 Å². The average molecular weight is 192 g/mol. The number of nitrogens with two attached hydrogens (primary N) is 1. The Morgan fingerprint density at radius 1 is 1.36 bits per heavy atom. The van der Waals surface area contributed by atoms with Crippen LogP contribution in [0.3, 0.4) is 0 Å². The smallest absolute Gasteiger partial charge is 0.248 e. The van der Waals surface area contributed by atoms with Gasteiger partial charge in [-0.2, -0.15) is 0 Å². The number of rotatable bonds is 2. The van der Waals surface area contributed by atoms with Crippen LogP contribution in [0.5, 0.6) is 0 Å². The van der Waals surface area contributed by atoms with Crippen molar-refractivity contribution in [2.45, 2.75) is 13.8 Å². The molecule has 0 saturated carbocycles. The zero-order valence-corrected chi connectivity index (χ0v) is 8.13. The number of aryl methyl sites for hydroxylation is 1. The minimum atomic E-state index is -0.461. The van der Waals surface area contributed by atoms with Crippen molar-refractivity contribution in [3.8, 4) is 0 Å². The van der Waals surface area contributed by atoms with Crippen molar-refractivity contribution in [3.05, 3.63) is 29.3 Å². The number of anilines is 1. The molecule has 0 heterocycles. The van der Waals surface area contributed by atoms with Gasteiger partial charge in [-0.25, -0.2) is 0 Å². The molecular formula is C10H12N2O2. The highest BCUT2D eigenvalue weighted by Gasteiger charge is 2.05. The average Bonchev–Trinajstić information content (AvgIpc) is 2.01. The van der Waals surface area contributed by atoms with Gasteiger partial charge in [0.2, 0.25) is 11.8 Å². The van der Waals surface area contributed by atoms with Gasteiger partial charge in [-0.3, -0.25) is 9.59 Å². The summed E-state index contributed by atoms with van der Waals surface area (Å²) in [7, 11) is 0. The molecule has 0 atom stereocenters. The van der Waals surface area contributed by atoms with E-state index in [0.717, 1.165) is 5.56 Å². The molecule has 0 bridgehead atoms. The first-order valence-electron chi connectivity index (χ1n) is 4.18. The summed E-state index contributed by atoms with van der Waals surface area (Å²) in [4.78, 5) is 21.6. The van der Waals surface area contributed by atoms with E-state index in [2.05, 4.69) is 5.32 Å². The van der Waals surface area contributed by atoms with Gasteiger partial charge in [0.1, 0.15) is 0 Å². The van der Waals surface area contributed by atoms with E-state index >= 15 is 0 Å². The second-order valence-electron chi connectivity index (χ2n) is 3.08. The molecule has 0 fully saturated rings. The Morgan fingerprint density at radius 3 is 2.43 bits per heavy atom. The van der Waals surface area contributed by atoms with E-state index < -0.39 is 5.91 Å². The Kier molecular flexibility index (Phi) is 2.86. The Balaban J connectivity index is 3.00. The third kappa shape index (κ3) is 2.32. The summed E-state index contributed by atoms with van der Waals surface area (Å²) in [6.45, 7) is 3.20. The quantitative estimate of drug-likeness (QED) is 0.735. The lowest BCUT2D eigenvalue weighted by Crippen LogP contribution is -2.13. The number of hydrogen-bond donors (Lipinski definition) is 2. The normalized spacial score (nSPS) is 9.57. The van der Waals surface area contributed by atoms with Crippen LogP contribution in [0.1, 0.15) is 22.8 Å². The van der Waals surface area contributed by atoms with Gasteiger partial charge in [0, 0.05) is 18.2 Å². The predicted octanol–water partition coefficient (Wildman–Crippen LogP) is 1.05. The van der Waals surface area contributed by atoms with Gasteiger partial charge in [-0.05, 0) is 30.7 Å². The molecule has 0 saturated heterocycles. The number of carbonyl (C=O) groups excluding carboxylic acids is 2. The lowest BCUT2D eigenvalue weighted by atomic mass is 10.1. The Labute approximate surface area is 82.1 Å². The maximum absolute atomic E-state index is 10.9. The van der Waals surface area contributed by atoms with Gasteiger partial charge in [-0.15, -0.1) is 0 Å². The van der Waals surface area contributed by atoms with Gasteiger partial charge in [0.25, 0.3) is 0 Å². The van der Waals surface area contributed by atoms with Gasteiger partial charge < -0.3 is 11.1 Å². The predicted molar refractivity (Wildman–Crippen MR) is 54.0 cm³/mol. The van der Waals surface area contributed by atoms with Gasteiger partial charge in [0.05, 0.1) is 0 Å². The number of carbonyl (C=O) groups is 2. The first kappa shape index (κ1) is 10.2. The highest BCUT2D eigenvalue weighted by molar-refractivity contribution is 5.95. The van der Waals surface area contributed by atoms with Crippen molar-refractivity contribution >= 4 is 17.5 Å². The van der Waals surface area contributed by atoms with Crippen molar-refractivity contribution in [2.75, 3.05) is 5.32 Å². The van der Waals surface area contributed by atoms with Crippen LogP contribution < -0.4 is 11.1 Å². The maximum atomic E-state index is 10.9. The monoisotopic (exact) mass is 192 g/mol. The second-order valence-corrected chi connectivity index (χ2v) is 3.08. The van der Waals surface area contributed by atoms with Gasteiger partial charge in [-0.1, -0.05) is 0 Å². The molecule has 4 heteroatoms. The molecule has 0 unspecified atom stereocenters. The van der Waals surface area contributed by atoms with E-state index in [0.29, 0.717) is 11.3 Å². The summed E-state index contributed by atoms with van der Waals surface area (Å²) in [5.74, 6) is -0.604. The number of amides is 2. The van der Waals surface area contributed by atoms with Crippen LogP contribution in [0.4, 0.5) is 5.69 Å². The third-order valence-corrected chi connectivity index (χ3v) is 1.81. The molecule has 4 nitrogen and oxygen atoms in total. The molecular weight excluding hydrogens is 180 g/mol. The molecule has 1 aromatic carbocycles.